The summed E-state index contributed by atoms with van der Waals surface area (Å²) in [6.45, 7) is 12.6. The molecule has 2 aromatic rings. The molecule has 2 aromatic carbocycles. The largest absolute Gasteiger partial charge is 1.00 e. The van der Waals surface area contributed by atoms with Crippen molar-refractivity contribution >= 4 is 40.7 Å². The van der Waals surface area contributed by atoms with E-state index in [0.29, 0.717) is 39.9 Å². The summed E-state index contributed by atoms with van der Waals surface area (Å²) < 4.78 is 0. The van der Waals surface area contributed by atoms with Crippen LogP contribution in [0.2, 0.25) is 10.0 Å². The number of hydrogen-bond donors (Lipinski definition) is 4. The molecule has 0 bridgehead atoms. The van der Waals surface area contributed by atoms with Crippen molar-refractivity contribution in [2.45, 2.75) is 125 Å². The molecule has 0 saturated heterocycles. The van der Waals surface area contributed by atoms with Crippen molar-refractivity contribution < 1.29 is 59.6 Å². The second kappa shape index (κ2) is 17.4. The maximum atomic E-state index is 12.0. The number of phenols is 2. The average molecular weight is 791 g/mol. The van der Waals surface area contributed by atoms with Gasteiger partial charge in [-0.15, -0.1) is 0 Å². The SMILES string of the molecule is CC(C)CCCC(C)[C@H]1CC[C@H]2[C@@H]3CC[C@H]4C[C@@H](CCC=C(c5cc(Cl)c(O)c(C(=O)O)c5)c5cc(Cl)c(O)c(C(=O)O)c5)CC[C@]4(C)[C@H]3CC[C@]12C.[Na+]. The van der Waals surface area contributed by atoms with Gasteiger partial charge in [-0.2, -0.15) is 0 Å². The van der Waals surface area contributed by atoms with E-state index in [2.05, 4.69) is 34.6 Å². The molecule has 6 nitrogen and oxygen atoms in total. The van der Waals surface area contributed by atoms with Gasteiger partial charge in [-0.25, -0.2) is 9.59 Å². The van der Waals surface area contributed by atoms with Crippen molar-refractivity contribution in [1.82, 2.24) is 0 Å². The molecule has 0 radical (unpaired) electrons. The van der Waals surface area contributed by atoms with Crippen molar-refractivity contribution in [3.63, 3.8) is 0 Å². The molecular formula is C45H60Cl2NaO6+. The Hall–Kier alpha value is -1.70. The van der Waals surface area contributed by atoms with Crippen LogP contribution in [0.15, 0.2) is 30.3 Å². The summed E-state index contributed by atoms with van der Waals surface area (Å²) in [6, 6.07) is 5.65. The van der Waals surface area contributed by atoms with Crippen molar-refractivity contribution in [3.8, 4) is 11.5 Å². The van der Waals surface area contributed by atoms with E-state index in [1.165, 1.54) is 101 Å². The summed E-state index contributed by atoms with van der Waals surface area (Å²) in [5.74, 6) is 2.64. The van der Waals surface area contributed by atoms with Crippen LogP contribution in [0.5, 0.6) is 11.5 Å². The Morgan fingerprint density at radius 1 is 0.796 bits per heavy atom. The predicted octanol–water partition coefficient (Wildman–Crippen LogP) is 9.75. The minimum Gasteiger partial charge on any atom is -0.505 e. The number of carbonyl (C=O) groups is 2. The van der Waals surface area contributed by atoms with Crippen LogP contribution in [0.25, 0.3) is 5.57 Å². The molecule has 6 rings (SSSR count). The van der Waals surface area contributed by atoms with Crippen LogP contribution in [-0.4, -0.2) is 32.4 Å². The molecule has 0 aliphatic heterocycles. The van der Waals surface area contributed by atoms with E-state index >= 15 is 0 Å². The van der Waals surface area contributed by atoms with E-state index in [4.69, 9.17) is 23.2 Å². The third kappa shape index (κ3) is 8.45. The first-order valence-corrected chi connectivity index (χ1v) is 21.0. The molecule has 0 heterocycles. The number of benzene rings is 2. The van der Waals surface area contributed by atoms with Crippen LogP contribution in [0, 0.1) is 58.2 Å². The van der Waals surface area contributed by atoms with Gasteiger partial charge in [0.1, 0.15) is 22.6 Å². The summed E-state index contributed by atoms with van der Waals surface area (Å²) in [5.41, 5.74) is 1.58. The Bertz CT molecular complexity index is 1670. The first-order valence-electron chi connectivity index (χ1n) is 20.3. The fourth-order valence-corrected chi connectivity index (χ4v) is 12.8. The molecule has 4 aliphatic rings. The molecule has 4 N–H and O–H groups in total. The number of hydrogen-bond acceptors (Lipinski definition) is 4. The first kappa shape index (κ1) is 43.4. The number of aromatic carboxylic acids is 2. The van der Waals surface area contributed by atoms with Crippen LogP contribution < -0.4 is 29.6 Å². The number of fused-ring (bicyclic) bond motifs is 5. The number of allylic oxidation sites excluding steroid dienone is 1. The molecule has 0 spiro atoms. The molecule has 0 amide bonds. The van der Waals surface area contributed by atoms with Gasteiger partial charge in [0.2, 0.25) is 0 Å². The maximum Gasteiger partial charge on any atom is 1.00 e. The Morgan fingerprint density at radius 3 is 1.94 bits per heavy atom. The molecule has 9 heteroatoms. The second-order valence-electron chi connectivity index (χ2n) is 18.3. The van der Waals surface area contributed by atoms with Gasteiger partial charge in [0, 0.05) is 0 Å². The predicted molar refractivity (Wildman–Crippen MR) is 213 cm³/mol. The van der Waals surface area contributed by atoms with Gasteiger partial charge in [-0.3, -0.25) is 0 Å². The Labute approximate surface area is 354 Å². The summed E-state index contributed by atoms with van der Waals surface area (Å²) in [5, 5.41) is 40.0. The number of carboxylic acid groups (broad SMARTS) is 2. The normalized spacial score (nSPS) is 30.7. The fourth-order valence-electron chi connectivity index (χ4n) is 12.3. The third-order valence-electron chi connectivity index (χ3n) is 15.1. The van der Waals surface area contributed by atoms with Crippen LogP contribution >= 0.6 is 23.2 Å². The summed E-state index contributed by atoms with van der Waals surface area (Å²) in [4.78, 5) is 23.9. The molecule has 9 atom stereocenters. The number of rotatable bonds is 12. The van der Waals surface area contributed by atoms with Crippen LogP contribution in [0.3, 0.4) is 0 Å². The van der Waals surface area contributed by atoms with Crippen molar-refractivity contribution in [2.75, 3.05) is 0 Å². The first-order chi connectivity index (χ1) is 25.0. The summed E-state index contributed by atoms with van der Waals surface area (Å²) >= 11 is 12.6. The van der Waals surface area contributed by atoms with Crippen LogP contribution in [0.4, 0.5) is 0 Å². The molecular weight excluding hydrogens is 730 g/mol. The van der Waals surface area contributed by atoms with Gasteiger partial charge in [0.05, 0.1) is 10.0 Å². The van der Waals surface area contributed by atoms with Crippen molar-refractivity contribution in [2.24, 2.45) is 58.2 Å². The van der Waals surface area contributed by atoms with Crippen LogP contribution in [-0.2, 0) is 0 Å². The van der Waals surface area contributed by atoms with E-state index in [-0.39, 0.29) is 50.7 Å². The summed E-state index contributed by atoms with van der Waals surface area (Å²) in [7, 11) is 0. The van der Waals surface area contributed by atoms with Gasteiger partial charge in [-0.1, -0.05) is 83.2 Å². The van der Waals surface area contributed by atoms with E-state index in [9.17, 15) is 30.0 Å². The molecule has 4 saturated carbocycles. The zero-order chi connectivity index (χ0) is 38.4. The third-order valence-corrected chi connectivity index (χ3v) is 15.7. The van der Waals surface area contributed by atoms with Gasteiger partial charge >= 0.3 is 41.5 Å². The minimum absolute atomic E-state index is 0. The van der Waals surface area contributed by atoms with Crippen molar-refractivity contribution in [1.29, 1.82) is 0 Å². The van der Waals surface area contributed by atoms with Crippen molar-refractivity contribution in [3.05, 3.63) is 62.6 Å². The quantitative estimate of drug-likeness (QED) is 0.159. The van der Waals surface area contributed by atoms with E-state index < -0.39 is 23.4 Å². The minimum atomic E-state index is -1.33. The molecule has 1 unspecified atom stereocenters. The van der Waals surface area contributed by atoms with E-state index in [0.717, 1.165) is 47.8 Å². The summed E-state index contributed by atoms with van der Waals surface area (Å²) in [6.07, 6.45) is 19.8. The smallest absolute Gasteiger partial charge is 0.505 e. The molecule has 4 fully saturated rings. The Kier molecular flexibility index (Phi) is 14.0. The standard InChI is InChI=1S/C45H60Cl2O6.Na/c1-25(2)8-6-9-26(3)35-14-15-36-32-13-12-30-20-27(16-18-44(30,4)37(32)17-19-45(35,36)5)10-7-11-31(28-21-33(42(50)51)40(48)38(46)23-28)29-22-34(43(52)53)41(49)39(47)24-29;/h11,21-27,30,32,35-37,48-49H,6-10,12-20H2,1-5H3,(H,50,51)(H,52,53);/q;+1/t26?,27-,30-,32-,35+,36-,37-,44-,45+;/m0./s1. The van der Waals surface area contributed by atoms with E-state index in [1.54, 1.807) is 0 Å². The fraction of sp³-hybridized carbons (Fsp3) is 0.644. The molecule has 54 heavy (non-hydrogen) atoms. The van der Waals surface area contributed by atoms with E-state index in [1.807, 2.05) is 6.08 Å². The zero-order valence-electron chi connectivity index (χ0n) is 33.3. The molecule has 4 aliphatic carbocycles. The van der Waals surface area contributed by atoms with Gasteiger partial charge in [0.25, 0.3) is 0 Å². The Morgan fingerprint density at radius 2 is 1.37 bits per heavy atom. The topological polar surface area (TPSA) is 115 Å². The van der Waals surface area contributed by atoms with Gasteiger partial charge in [-0.05, 0) is 170 Å². The molecule has 0 aromatic heterocycles. The molecule has 290 valence electrons. The number of carboxylic acids is 2. The maximum absolute atomic E-state index is 12.0. The zero-order valence-corrected chi connectivity index (χ0v) is 36.8. The average Bonchev–Trinajstić information content (AvgIpc) is 3.46. The van der Waals surface area contributed by atoms with Gasteiger partial charge < -0.3 is 20.4 Å². The van der Waals surface area contributed by atoms with Gasteiger partial charge in [0.15, 0.2) is 0 Å². The number of halogens is 2. The second-order valence-corrected chi connectivity index (χ2v) is 19.2. The monoisotopic (exact) mass is 789 g/mol. The number of aromatic hydroxyl groups is 2. The Balaban J connectivity index is 0.00000561. The van der Waals surface area contributed by atoms with Crippen LogP contribution in [0.1, 0.15) is 156 Å².